The molecule has 0 aliphatic heterocycles. The van der Waals surface area contributed by atoms with E-state index in [1.165, 1.54) is 5.39 Å². The number of aromatic nitrogens is 1. The van der Waals surface area contributed by atoms with Crippen LogP contribution in [-0.4, -0.2) is 10.1 Å². The van der Waals surface area contributed by atoms with Crippen molar-refractivity contribution in [2.24, 2.45) is 0 Å². The third kappa shape index (κ3) is 3.00. The van der Waals surface area contributed by atoms with Crippen LogP contribution < -0.4 is 0 Å². The van der Waals surface area contributed by atoms with Gasteiger partial charge in [-0.25, -0.2) is 0 Å². The van der Waals surface area contributed by atoms with Gasteiger partial charge in [-0.15, -0.1) is 0 Å². The molecule has 4 aromatic rings. The summed E-state index contributed by atoms with van der Waals surface area (Å²) in [5.74, 6) is -0.258. The van der Waals surface area contributed by atoms with Gasteiger partial charge in [-0.3, -0.25) is 4.98 Å². The molecule has 2 atom stereocenters. The summed E-state index contributed by atoms with van der Waals surface area (Å²) in [4.78, 5) is 4.55. The van der Waals surface area contributed by atoms with E-state index in [0.29, 0.717) is 0 Å². The van der Waals surface area contributed by atoms with Crippen LogP contribution in [0.4, 0.5) is 0 Å². The molecule has 1 aromatic heterocycles. The molecule has 4 rings (SSSR count). The van der Waals surface area contributed by atoms with Crippen molar-refractivity contribution in [3.8, 4) is 0 Å². The van der Waals surface area contributed by atoms with Crippen molar-refractivity contribution >= 4 is 10.8 Å². The molecule has 0 unspecified atom stereocenters. The number of pyridine rings is 1. The third-order valence-corrected chi connectivity index (χ3v) is 5.01. The van der Waals surface area contributed by atoms with Crippen LogP contribution in [0.15, 0.2) is 97.2 Å². The molecule has 1 N–H and O–H groups in total. The molecule has 0 aliphatic rings. The molecule has 2 nitrogen and oxygen atoms in total. The molecule has 0 spiro atoms. The van der Waals surface area contributed by atoms with Gasteiger partial charge in [0, 0.05) is 6.20 Å². The number of aliphatic hydroxyl groups is 1. The van der Waals surface area contributed by atoms with Gasteiger partial charge in [0.15, 0.2) is 0 Å². The maximum atomic E-state index is 11.7. The van der Waals surface area contributed by atoms with Gasteiger partial charge in [0.2, 0.25) is 0 Å². The molecule has 1 heterocycles. The van der Waals surface area contributed by atoms with Crippen LogP contribution >= 0.6 is 0 Å². The van der Waals surface area contributed by atoms with Crippen molar-refractivity contribution in [1.82, 2.24) is 4.98 Å². The average Bonchev–Trinajstić information content (AvgIpc) is 2.69. The van der Waals surface area contributed by atoms with Gasteiger partial charge in [0.25, 0.3) is 0 Å². The smallest absolute Gasteiger partial charge is 0.0992 e. The molecular weight excluding hydrogens is 318 g/mol. The summed E-state index contributed by atoms with van der Waals surface area (Å²) >= 11 is 0. The van der Waals surface area contributed by atoms with E-state index in [0.717, 1.165) is 22.2 Å². The Labute approximate surface area is 153 Å². The fourth-order valence-electron chi connectivity index (χ4n) is 3.65. The zero-order chi connectivity index (χ0) is 18.0. The van der Waals surface area contributed by atoms with Crippen LogP contribution in [0.2, 0.25) is 0 Å². The van der Waals surface area contributed by atoms with Crippen molar-refractivity contribution in [1.29, 1.82) is 0 Å². The van der Waals surface area contributed by atoms with Gasteiger partial charge in [0.05, 0.1) is 17.2 Å². The highest BCUT2D eigenvalue weighted by Crippen LogP contribution is 2.41. The Morgan fingerprint density at radius 1 is 0.769 bits per heavy atom. The molecule has 128 valence electrons. The summed E-state index contributed by atoms with van der Waals surface area (Å²) in [6.07, 6.45) is 1.78. The number of nitrogens with zero attached hydrogens (tertiary/aromatic N) is 1. The second-order valence-electron chi connectivity index (χ2n) is 6.81. The normalized spacial score (nSPS) is 14.7. The highest BCUT2D eigenvalue weighted by Gasteiger charge is 2.37. The maximum absolute atomic E-state index is 11.7. The minimum atomic E-state index is -1.10. The summed E-state index contributed by atoms with van der Waals surface area (Å²) in [5, 5.41) is 14.0. The minimum Gasteiger partial charge on any atom is -0.384 e. The van der Waals surface area contributed by atoms with Gasteiger partial charge in [-0.05, 0) is 47.0 Å². The fraction of sp³-hybridized carbons (Fsp3) is 0.125. The van der Waals surface area contributed by atoms with Crippen molar-refractivity contribution in [2.75, 3.05) is 0 Å². The summed E-state index contributed by atoms with van der Waals surface area (Å²) < 4.78 is 0. The summed E-state index contributed by atoms with van der Waals surface area (Å²) in [7, 11) is 0. The van der Waals surface area contributed by atoms with Crippen molar-refractivity contribution in [3.05, 3.63) is 114 Å². The Morgan fingerprint density at radius 3 is 2.19 bits per heavy atom. The van der Waals surface area contributed by atoms with Crippen LogP contribution in [0.25, 0.3) is 10.8 Å². The minimum absolute atomic E-state index is 0.258. The largest absolute Gasteiger partial charge is 0.384 e. The molecule has 0 saturated heterocycles. The molecule has 26 heavy (non-hydrogen) atoms. The van der Waals surface area contributed by atoms with Crippen molar-refractivity contribution in [3.63, 3.8) is 0 Å². The molecule has 0 fully saturated rings. The molecular formula is C24H21NO. The lowest BCUT2D eigenvalue weighted by Gasteiger charge is -2.34. The van der Waals surface area contributed by atoms with Gasteiger partial charge >= 0.3 is 0 Å². The first-order valence-electron chi connectivity index (χ1n) is 8.84. The van der Waals surface area contributed by atoms with E-state index in [4.69, 9.17) is 0 Å². The Bertz CT molecular complexity index is 970. The van der Waals surface area contributed by atoms with E-state index in [2.05, 4.69) is 41.4 Å². The first kappa shape index (κ1) is 16.5. The predicted molar refractivity (Wildman–Crippen MR) is 106 cm³/mol. The Morgan fingerprint density at radius 2 is 1.46 bits per heavy atom. The molecule has 0 saturated carbocycles. The summed E-state index contributed by atoms with van der Waals surface area (Å²) in [6.45, 7) is 1.88. The quantitative estimate of drug-likeness (QED) is 0.549. The highest BCUT2D eigenvalue weighted by atomic mass is 16.3. The van der Waals surface area contributed by atoms with E-state index in [1.807, 2.05) is 61.5 Å². The molecule has 3 aromatic carbocycles. The third-order valence-electron chi connectivity index (χ3n) is 5.01. The predicted octanol–water partition coefficient (Wildman–Crippen LogP) is 5.27. The van der Waals surface area contributed by atoms with E-state index < -0.39 is 5.60 Å². The average molecular weight is 339 g/mol. The lowest BCUT2D eigenvalue weighted by Crippen LogP contribution is -2.31. The Kier molecular flexibility index (Phi) is 4.27. The van der Waals surface area contributed by atoms with Gasteiger partial charge in [0.1, 0.15) is 0 Å². The first-order valence-corrected chi connectivity index (χ1v) is 8.84. The molecule has 0 bridgehead atoms. The van der Waals surface area contributed by atoms with Crippen LogP contribution in [0.5, 0.6) is 0 Å². The maximum Gasteiger partial charge on any atom is 0.0992 e. The van der Waals surface area contributed by atoms with E-state index in [9.17, 15) is 5.11 Å². The molecule has 0 amide bonds. The van der Waals surface area contributed by atoms with E-state index in [-0.39, 0.29) is 5.92 Å². The topological polar surface area (TPSA) is 33.1 Å². The van der Waals surface area contributed by atoms with Crippen LogP contribution in [0.3, 0.4) is 0 Å². The standard InChI is InChI=1S/C24H21NO/c1-24(26,21-15-14-18-9-5-6-12-20(18)17-21)23(19-10-3-2-4-11-19)22-13-7-8-16-25-22/h2-17,23,26H,1H3/t23-,24-/m0/s1. The second-order valence-corrected chi connectivity index (χ2v) is 6.81. The van der Waals surface area contributed by atoms with Crippen LogP contribution in [-0.2, 0) is 5.60 Å². The number of benzene rings is 3. The van der Waals surface area contributed by atoms with Gasteiger partial charge in [-0.2, -0.15) is 0 Å². The summed E-state index contributed by atoms with van der Waals surface area (Å²) in [6, 6.07) is 30.3. The van der Waals surface area contributed by atoms with Crippen LogP contribution in [0.1, 0.15) is 29.7 Å². The van der Waals surface area contributed by atoms with Crippen molar-refractivity contribution in [2.45, 2.75) is 18.4 Å². The van der Waals surface area contributed by atoms with Crippen LogP contribution in [0, 0.1) is 0 Å². The lowest BCUT2D eigenvalue weighted by molar-refractivity contribution is 0.0382. The van der Waals surface area contributed by atoms with E-state index >= 15 is 0 Å². The zero-order valence-electron chi connectivity index (χ0n) is 14.7. The SMILES string of the molecule is C[C@](O)(c1ccc2ccccc2c1)[C@@H](c1ccccc1)c1ccccn1. The van der Waals surface area contributed by atoms with E-state index in [1.54, 1.807) is 6.20 Å². The number of fused-ring (bicyclic) bond motifs is 1. The lowest BCUT2D eigenvalue weighted by atomic mass is 9.76. The summed E-state index contributed by atoms with van der Waals surface area (Å²) in [5.41, 5.74) is 1.69. The van der Waals surface area contributed by atoms with Gasteiger partial charge in [-0.1, -0.05) is 72.8 Å². The number of rotatable bonds is 4. The highest BCUT2D eigenvalue weighted by molar-refractivity contribution is 5.83. The second kappa shape index (κ2) is 6.74. The monoisotopic (exact) mass is 339 g/mol. The fourth-order valence-corrected chi connectivity index (χ4v) is 3.65. The Balaban J connectivity index is 1.87. The number of hydrogen-bond acceptors (Lipinski definition) is 2. The number of hydrogen-bond donors (Lipinski definition) is 1. The van der Waals surface area contributed by atoms with Crippen molar-refractivity contribution < 1.29 is 5.11 Å². The Hall–Kier alpha value is -2.97. The molecule has 2 heteroatoms. The zero-order valence-corrected chi connectivity index (χ0v) is 14.7. The first-order chi connectivity index (χ1) is 12.7. The molecule has 0 aliphatic carbocycles. The van der Waals surface area contributed by atoms with Gasteiger partial charge < -0.3 is 5.11 Å². The molecule has 0 radical (unpaired) electrons.